The fourth-order valence-electron chi connectivity index (χ4n) is 3.82. The minimum Gasteiger partial charge on any atom is -0.368 e. The lowest BCUT2D eigenvalue weighted by molar-refractivity contribution is -0.137. The lowest BCUT2D eigenvalue weighted by Gasteiger charge is -2.33. The maximum Gasteiger partial charge on any atom is 0.416 e. The summed E-state index contributed by atoms with van der Waals surface area (Å²) in [5, 5.41) is 0. The first-order valence-corrected chi connectivity index (χ1v) is 9.83. The van der Waals surface area contributed by atoms with Crippen LogP contribution in [0.4, 0.5) is 19.1 Å². The fourth-order valence-corrected chi connectivity index (χ4v) is 3.82. The highest BCUT2D eigenvalue weighted by molar-refractivity contribution is 5.92. The number of alkyl halides is 3. The summed E-state index contributed by atoms with van der Waals surface area (Å²) < 4.78 is 38.8. The number of nitrogens with zero attached hydrogens (tertiary/aromatic N) is 4. The van der Waals surface area contributed by atoms with Gasteiger partial charge in [0.25, 0.3) is 5.91 Å². The zero-order chi connectivity index (χ0) is 22.0. The van der Waals surface area contributed by atoms with Gasteiger partial charge < -0.3 is 10.6 Å². The van der Waals surface area contributed by atoms with Gasteiger partial charge in [0.15, 0.2) is 0 Å². The van der Waals surface area contributed by atoms with Crippen LogP contribution >= 0.6 is 0 Å². The largest absolute Gasteiger partial charge is 0.416 e. The molecule has 6 nitrogen and oxygen atoms in total. The Morgan fingerprint density at radius 2 is 1.87 bits per heavy atom. The number of anilines is 1. The molecule has 3 heterocycles. The lowest BCUT2D eigenvalue weighted by atomic mass is 9.89. The van der Waals surface area contributed by atoms with Crippen molar-refractivity contribution < 1.29 is 18.0 Å². The molecule has 0 spiro atoms. The summed E-state index contributed by atoms with van der Waals surface area (Å²) in [5.41, 5.74) is 7.27. The molecule has 0 unspecified atom stereocenters. The van der Waals surface area contributed by atoms with Gasteiger partial charge in [-0.05, 0) is 42.7 Å². The van der Waals surface area contributed by atoms with E-state index >= 15 is 0 Å². The molecule has 160 valence electrons. The van der Waals surface area contributed by atoms with Crippen LogP contribution in [0.15, 0.2) is 54.9 Å². The molecule has 1 fully saturated rings. The molecule has 3 aromatic rings. The maximum absolute atomic E-state index is 12.9. The normalized spacial score (nSPS) is 16.9. The van der Waals surface area contributed by atoms with Crippen LogP contribution in [0, 0.1) is 0 Å². The zero-order valence-electron chi connectivity index (χ0n) is 16.5. The van der Waals surface area contributed by atoms with Gasteiger partial charge in [-0.1, -0.05) is 18.2 Å². The number of hydrogen-bond donors (Lipinski definition) is 1. The molecule has 2 aromatic heterocycles. The standard InChI is InChI=1S/C22H20F3N5O/c23-22(24,25)16-8-6-14(7-9-16)17-12-28-21(26)29-19(17)15-4-3-11-30(13-15)20(31)18-5-1-2-10-27-18/h1-2,5-10,12,15H,3-4,11,13H2,(H2,26,28,29)/t15-/m0/s1. The number of halogens is 3. The van der Waals surface area contributed by atoms with Crippen molar-refractivity contribution >= 4 is 11.9 Å². The highest BCUT2D eigenvalue weighted by Gasteiger charge is 2.31. The number of hydrogen-bond acceptors (Lipinski definition) is 5. The molecule has 0 aliphatic carbocycles. The number of pyridine rings is 1. The van der Waals surface area contributed by atoms with Crippen LogP contribution in [0.5, 0.6) is 0 Å². The van der Waals surface area contributed by atoms with Crippen LogP contribution < -0.4 is 5.73 Å². The van der Waals surface area contributed by atoms with E-state index in [0.717, 1.165) is 25.0 Å². The van der Waals surface area contributed by atoms with E-state index in [-0.39, 0.29) is 17.8 Å². The van der Waals surface area contributed by atoms with Gasteiger partial charge in [0.1, 0.15) is 5.69 Å². The molecule has 1 saturated heterocycles. The van der Waals surface area contributed by atoms with Crippen molar-refractivity contribution in [2.45, 2.75) is 24.9 Å². The summed E-state index contributed by atoms with van der Waals surface area (Å²) in [6.07, 6.45) is 0.229. The smallest absolute Gasteiger partial charge is 0.368 e. The van der Waals surface area contributed by atoms with Crippen molar-refractivity contribution in [2.24, 2.45) is 0 Å². The number of benzene rings is 1. The summed E-state index contributed by atoms with van der Waals surface area (Å²) in [6, 6.07) is 10.1. The third kappa shape index (κ3) is 4.50. The van der Waals surface area contributed by atoms with Gasteiger partial charge in [-0.15, -0.1) is 0 Å². The molecule has 2 N–H and O–H groups in total. The van der Waals surface area contributed by atoms with Crippen molar-refractivity contribution in [3.8, 4) is 11.1 Å². The van der Waals surface area contributed by atoms with Crippen LogP contribution in [0.2, 0.25) is 0 Å². The van der Waals surface area contributed by atoms with Gasteiger partial charge >= 0.3 is 6.18 Å². The number of rotatable bonds is 3. The topological polar surface area (TPSA) is 85.0 Å². The first-order valence-electron chi connectivity index (χ1n) is 9.83. The van der Waals surface area contributed by atoms with E-state index in [2.05, 4.69) is 15.0 Å². The summed E-state index contributed by atoms with van der Waals surface area (Å²) in [6.45, 7) is 1.02. The minimum absolute atomic E-state index is 0.0823. The predicted molar refractivity (Wildman–Crippen MR) is 109 cm³/mol. The average molecular weight is 427 g/mol. The Kier molecular flexibility index (Phi) is 5.58. The maximum atomic E-state index is 12.9. The Morgan fingerprint density at radius 1 is 1.10 bits per heavy atom. The van der Waals surface area contributed by atoms with E-state index in [1.807, 2.05) is 0 Å². The number of nitrogens with two attached hydrogens (primary N) is 1. The van der Waals surface area contributed by atoms with E-state index < -0.39 is 11.7 Å². The fraction of sp³-hybridized carbons (Fsp3) is 0.273. The third-order valence-corrected chi connectivity index (χ3v) is 5.34. The summed E-state index contributed by atoms with van der Waals surface area (Å²) in [4.78, 5) is 27.1. The number of likely N-dealkylation sites (tertiary alicyclic amines) is 1. The molecular formula is C22H20F3N5O. The van der Waals surface area contributed by atoms with Crippen molar-refractivity contribution in [1.82, 2.24) is 19.9 Å². The highest BCUT2D eigenvalue weighted by Crippen LogP contribution is 2.35. The van der Waals surface area contributed by atoms with Crippen molar-refractivity contribution in [3.05, 3.63) is 71.8 Å². The third-order valence-electron chi connectivity index (χ3n) is 5.34. The molecule has 0 radical (unpaired) electrons. The number of piperidine rings is 1. The van der Waals surface area contributed by atoms with Gasteiger partial charge in [0.2, 0.25) is 5.95 Å². The average Bonchev–Trinajstić information content (AvgIpc) is 2.79. The lowest BCUT2D eigenvalue weighted by Crippen LogP contribution is -2.39. The molecule has 1 aromatic carbocycles. The molecule has 0 bridgehead atoms. The van der Waals surface area contributed by atoms with Crippen LogP contribution in [-0.2, 0) is 6.18 Å². The van der Waals surface area contributed by atoms with Crippen molar-refractivity contribution in [1.29, 1.82) is 0 Å². The van der Waals surface area contributed by atoms with Crippen LogP contribution in [0.1, 0.15) is 40.5 Å². The summed E-state index contributed by atoms with van der Waals surface area (Å²) in [7, 11) is 0. The number of aromatic nitrogens is 3. The molecule has 9 heteroatoms. The molecule has 0 saturated carbocycles. The first-order chi connectivity index (χ1) is 14.8. The first kappa shape index (κ1) is 20.8. The van der Waals surface area contributed by atoms with Gasteiger partial charge in [0.05, 0.1) is 11.3 Å². The predicted octanol–water partition coefficient (Wildman–Crippen LogP) is 4.16. The van der Waals surface area contributed by atoms with E-state index in [9.17, 15) is 18.0 Å². The van der Waals surface area contributed by atoms with Crippen LogP contribution in [0.3, 0.4) is 0 Å². The second kappa shape index (κ2) is 8.33. The number of carbonyl (C=O) groups is 1. The molecule has 1 amide bonds. The second-order valence-corrected chi connectivity index (χ2v) is 7.41. The quantitative estimate of drug-likeness (QED) is 0.679. The second-order valence-electron chi connectivity index (χ2n) is 7.41. The molecular weight excluding hydrogens is 407 g/mol. The Labute approximate surface area is 177 Å². The zero-order valence-corrected chi connectivity index (χ0v) is 16.5. The van der Waals surface area contributed by atoms with E-state index in [4.69, 9.17) is 5.73 Å². The Balaban J connectivity index is 1.63. The molecule has 1 aliphatic heterocycles. The minimum atomic E-state index is -4.41. The summed E-state index contributed by atoms with van der Waals surface area (Å²) >= 11 is 0. The van der Waals surface area contributed by atoms with Crippen LogP contribution in [-0.4, -0.2) is 38.8 Å². The van der Waals surface area contributed by atoms with Crippen molar-refractivity contribution in [3.63, 3.8) is 0 Å². The highest BCUT2D eigenvalue weighted by atomic mass is 19.4. The number of nitrogen functional groups attached to an aromatic ring is 1. The Morgan fingerprint density at radius 3 is 2.55 bits per heavy atom. The summed E-state index contributed by atoms with van der Waals surface area (Å²) in [5.74, 6) is -0.203. The van der Waals surface area contributed by atoms with Gasteiger partial charge in [-0.25, -0.2) is 9.97 Å². The number of amides is 1. The number of carbonyl (C=O) groups excluding carboxylic acids is 1. The molecule has 4 rings (SSSR count). The Bertz CT molecular complexity index is 1070. The Hall–Kier alpha value is -3.49. The van der Waals surface area contributed by atoms with E-state index in [0.29, 0.717) is 35.6 Å². The molecule has 31 heavy (non-hydrogen) atoms. The van der Waals surface area contributed by atoms with Gasteiger partial charge in [-0.2, -0.15) is 13.2 Å². The van der Waals surface area contributed by atoms with Crippen LogP contribution in [0.25, 0.3) is 11.1 Å². The van der Waals surface area contributed by atoms with Gasteiger partial charge in [0, 0.05) is 37.0 Å². The van der Waals surface area contributed by atoms with Gasteiger partial charge in [-0.3, -0.25) is 9.78 Å². The monoisotopic (exact) mass is 427 g/mol. The van der Waals surface area contributed by atoms with Crippen molar-refractivity contribution in [2.75, 3.05) is 18.8 Å². The molecule has 1 atom stereocenters. The SMILES string of the molecule is Nc1ncc(-c2ccc(C(F)(F)F)cc2)c([C@H]2CCCN(C(=O)c3ccccn3)C2)n1. The van der Waals surface area contributed by atoms with E-state index in [1.165, 1.54) is 18.3 Å². The van der Waals surface area contributed by atoms with E-state index in [1.54, 1.807) is 29.3 Å². The molecule has 1 aliphatic rings.